The third-order valence-corrected chi connectivity index (χ3v) is 4.58. The molecule has 3 rings (SSSR count). The zero-order valence-electron chi connectivity index (χ0n) is 15.6. The van der Waals surface area contributed by atoms with Crippen LogP contribution in [0.1, 0.15) is 30.9 Å². The molecule has 0 radical (unpaired) electrons. The van der Waals surface area contributed by atoms with Crippen molar-refractivity contribution in [3.05, 3.63) is 90.0 Å². The van der Waals surface area contributed by atoms with Crippen LogP contribution >= 0.6 is 0 Å². The van der Waals surface area contributed by atoms with Crippen molar-refractivity contribution in [3.63, 3.8) is 0 Å². The third-order valence-electron chi connectivity index (χ3n) is 4.58. The highest BCUT2D eigenvalue weighted by molar-refractivity contribution is 5.73. The van der Waals surface area contributed by atoms with Crippen LogP contribution in [0.4, 0.5) is 0 Å². The Balaban J connectivity index is 1.70. The molecular weight excluding hydrogens is 336 g/mol. The number of ether oxygens (including phenoxy) is 1. The normalized spacial score (nSPS) is 12.0. The summed E-state index contributed by atoms with van der Waals surface area (Å²) in [5, 5.41) is 9.55. The Hall–Kier alpha value is -3.07. The lowest BCUT2D eigenvalue weighted by molar-refractivity contribution is -0.145. The number of hydrogen-bond donors (Lipinski definition) is 1. The highest BCUT2D eigenvalue weighted by Gasteiger charge is 2.20. The predicted octanol–water partition coefficient (Wildman–Crippen LogP) is 5.55. The van der Waals surface area contributed by atoms with Gasteiger partial charge < -0.3 is 9.84 Å². The van der Waals surface area contributed by atoms with Crippen LogP contribution in [0.2, 0.25) is 0 Å². The Labute approximate surface area is 160 Å². The van der Waals surface area contributed by atoms with Crippen molar-refractivity contribution in [1.82, 2.24) is 0 Å². The molecule has 0 aliphatic heterocycles. The summed E-state index contributed by atoms with van der Waals surface area (Å²) in [4.78, 5) is 11.6. The van der Waals surface area contributed by atoms with Gasteiger partial charge in [0.2, 0.25) is 0 Å². The minimum Gasteiger partial charge on any atom is -0.478 e. The molecule has 1 atom stereocenters. The number of carboxylic acids is 1. The first kappa shape index (κ1) is 18.7. The summed E-state index contributed by atoms with van der Waals surface area (Å²) < 4.78 is 5.75. The molecule has 0 saturated heterocycles. The maximum absolute atomic E-state index is 11.6. The summed E-state index contributed by atoms with van der Waals surface area (Å²) in [6.07, 6.45) is -0.591. The second kappa shape index (κ2) is 8.54. The van der Waals surface area contributed by atoms with Crippen LogP contribution in [0.15, 0.2) is 78.9 Å². The molecule has 0 amide bonds. The fourth-order valence-electron chi connectivity index (χ4n) is 2.95. The molecule has 3 heteroatoms. The average molecular weight is 360 g/mol. The molecule has 138 valence electrons. The summed E-state index contributed by atoms with van der Waals surface area (Å²) in [5.41, 5.74) is 4.37. The zero-order valence-corrected chi connectivity index (χ0v) is 15.6. The summed E-state index contributed by atoms with van der Waals surface area (Å²) in [5.74, 6) is 0.0460. The minimum atomic E-state index is -0.963. The summed E-state index contributed by atoms with van der Waals surface area (Å²) in [6.45, 7) is 4.27. The minimum absolute atomic E-state index is 0.328. The van der Waals surface area contributed by atoms with Crippen molar-refractivity contribution in [3.8, 4) is 16.9 Å². The standard InChI is InChI=1S/C24H24O3/c1-17(2)19-10-8-18(9-11-19)16-23(24(25)26)27-22-14-12-21(13-15-22)20-6-4-3-5-7-20/h3-15,17,23H,16H2,1-2H3,(H,25,26). The Bertz CT molecular complexity index is 866. The lowest BCUT2D eigenvalue weighted by Gasteiger charge is -2.16. The number of carboxylic acid groups (broad SMARTS) is 1. The van der Waals surface area contributed by atoms with Gasteiger partial charge in [-0.05, 0) is 40.3 Å². The van der Waals surface area contributed by atoms with Crippen LogP contribution in [0, 0.1) is 0 Å². The van der Waals surface area contributed by atoms with Crippen molar-refractivity contribution in [2.45, 2.75) is 32.3 Å². The summed E-state index contributed by atoms with van der Waals surface area (Å²) in [7, 11) is 0. The van der Waals surface area contributed by atoms with Gasteiger partial charge in [0.25, 0.3) is 0 Å². The van der Waals surface area contributed by atoms with Crippen molar-refractivity contribution >= 4 is 5.97 Å². The quantitative estimate of drug-likeness (QED) is 0.601. The second-order valence-electron chi connectivity index (χ2n) is 6.94. The van der Waals surface area contributed by atoms with E-state index in [1.54, 1.807) is 0 Å². The Morgan fingerprint density at radius 2 is 1.44 bits per heavy atom. The molecule has 3 aromatic rings. The van der Waals surface area contributed by atoms with E-state index in [1.807, 2.05) is 78.9 Å². The SMILES string of the molecule is CC(C)c1ccc(CC(Oc2ccc(-c3ccccc3)cc2)C(=O)O)cc1. The fraction of sp³-hybridized carbons (Fsp3) is 0.208. The van der Waals surface area contributed by atoms with Crippen molar-refractivity contribution in [2.24, 2.45) is 0 Å². The molecule has 3 aromatic carbocycles. The van der Waals surface area contributed by atoms with E-state index in [4.69, 9.17) is 4.74 Å². The molecule has 0 aromatic heterocycles. The second-order valence-corrected chi connectivity index (χ2v) is 6.94. The van der Waals surface area contributed by atoms with Crippen LogP contribution in [-0.2, 0) is 11.2 Å². The van der Waals surface area contributed by atoms with Gasteiger partial charge in [0.1, 0.15) is 5.75 Å². The van der Waals surface area contributed by atoms with E-state index < -0.39 is 12.1 Å². The van der Waals surface area contributed by atoms with E-state index in [9.17, 15) is 9.90 Å². The molecule has 0 saturated carbocycles. The molecule has 0 bridgehead atoms. The van der Waals surface area contributed by atoms with Gasteiger partial charge in [-0.25, -0.2) is 4.79 Å². The molecule has 1 N–H and O–H groups in total. The molecule has 1 unspecified atom stereocenters. The smallest absolute Gasteiger partial charge is 0.345 e. The van der Waals surface area contributed by atoms with Gasteiger partial charge in [-0.15, -0.1) is 0 Å². The largest absolute Gasteiger partial charge is 0.478 e. The molecular formula is C24H24O3. The van der Waals surface area contributed by atoms with Gasteiger partial charge >= 0.3 is 5.97 Å². The van der Waals surface area contributed by atoms with Gasteiger partial charge in [0.05, 0.1) is 0 Å². The number of rotatable bonds is 7. The monoisotopic (exact) mass is 360 g/mol. The van der Waals surface area contributed by atoms with E-state index in [0.29, 0.717) is 18.1 Å². The topological polar surface area (TPSA) is 46.5 Å². The molecule has 3 nitrogen and oxygen atoms in total. The van der Waals surface area contributed by atoms with Crippen LogP contribution in [-0.4, -0.2) is 17.2 Å². The highest BCUT2D eigenvalue weighted by Crippen LogP contribution is 2.23. The van der Waals surface area contributed by atoms with Gasteiger partial charge in [-0.2, -0.15) is 0 Å². The van der Waals surface area contributed by atoms with E-state index in [0.717, 1.165) is 16.7 Å². The van der Waals surface area contributed by atoms with Crippen molar-refractivity contribution in [2.75, 3.05) is 0 Å². The molecule has 0 aliphatic rings. The average Bonchev–Trinajstić information content (AvgIpc) is 2.69. The molecule has 0 spiro atoms. The number of carbonyl (C=O) groups is 1. The molecule has 0 aliphatic carbocycles. The van der Waals surface area contributed by atoms with E-state index >= 15 is 0 Å². The summed E-state index contributed by atoms with van der Waals surface area (Å²) >= 11 is 0. The van der Waals surface area contributed by atoms with Crippen LogP contribution in [0.3, 0.4) is 0 Å². The van der Waals surface area contributed by atoms with Crippen LogP contribution < -0.4 is 4.74 Å². The van der Waals surface area contributed by atoms with Gasteiger partial charge in [-0.1, -0.05) is 80.6 Å². The Morgan fingerprint density at radius 1 is 0.852 bits per heavy atom. The molecule has 27 heavy (non-hydrogen) atoms. The molecule has 0 heterocycles. The maximum Gasteiger partial charge on any atom is 0.345 e. The lowest BCUT2D eigenvalue weighted by atomic mass is 9.99. The first-order chi connectivity index (χ1) is 13.0. The van der Waals surface area contributed by atoms with Gasteiger partial charge in [0, 0.05) is 6.42 Å². The Kier molecular flexibility index (Phi) is 5.92. The van der Waals surface area contributed by atoms with E-state index in [-0.39, 0.29) is 0 Å². The summed E-state index contributed by atoms with van der Waals surface area (Å²) in [6, 6.07) is 25.6. The first-order valence-corrected chi connectivity index (χ1v) is 9.16. The van der Waals surface area contributed by atoms with Crippen LogP contribution in [0.25, 0.3) is 11.1 Å². The fourth-order valence-corrected chi connectivity index (χ4v) is 2.95. The predicted molar refractivity (Wildman–Crippen MR) is 108 cm³/mol. The maximum atomic E-state index is 11.6. The lowest BCUT2D eigenvalue weighted by Crippen LogP contribution is -2.29. The number of benzene rings is 3. The highest BCUT2D eigenvalue weighted by atomic mass is 16.5. The van der Waals surface area contributed by atoms with Crippen molar-refractivity contribution in [1.29, 1.82) is 0 Å². The zero-order chi connectivity index (χ0) is 19.2. The Morgan fingerprint density at radius 3 is 2.00 bits per heavy atom. The van der Waals surface area contributed by atoms with Gasteiger partial charge in [0.15, 0.2) is 6.10 Å². The number of hydrogen-bond acceptors (Lipinski definition) is 2. The van der Waals surface area contributed by atoms with Crippen LogP contribution in [0.5, 0.6) is 5.75 Å². The first-order valence-electron chi connectivity index (χ1n) is 9.16. The van der Waals surface area contributed by atoms with Crippen molar-refractivity contribution < 1.29 is 14.6 Å². The van der Waals surface area contributed by atoms with E-state index in [2.05, 4.69) is 13.8 Å². The number of aliphatic carboxylic acids is 1. The van der Waals surface area contributed by atoms with E-state index in [1.165, 1.54) is 5.56 Å². The third kappa shape index (κ3) is 4.98. The molecule has 0 fully saturated rings. The van der Waals surface area contributed by atoms with Gasteiger partial charge in [-0.3, -0.25) is 0 Å².